The number of nitrogens with zero attached hydrogens (tertiary/aromatic N) is 2. The van der Waals surface area contributed by atoms with Crippen LogP contribution in [0.15, 0.2) is 68.9 Å². The fourth-order valence-corrected chi connectivity index (χ4v) is 5.07. The van der Waals surface area contributed by atoms with Crippen molar-refractivity contribution in [2.45, 2.75) is 49.3 Å². The van der Waals surface area contributed by atoms with Crippen molar-refractivity contribution in [3.63, 3.8) is 0 Å². The summed E-state index contributed by atoms with van der Waals surface area (Å²) in [5.74, 6) is 0.678. The largest absolute Gasteiger partial charge is 0.423 e. The molecule has 2 atom stereocenters. The Morgan fingerprint density at radius 2 is 1.63 bits per heavy atom. The first-order valence-corrected chi connectivity index (χ1v) is 11.6. The third-order valence-corrected chi connectivity index (χ3v) is 6.78. The first-order chi connectivity index (χ1) is 14.3. The summed E-state index contributed by atoms with van der Waals surface area (Å²) >= 11 is 0. The lowest BCUT2D eigenvalue weighted by Gasteiger charge is -2.35. The van der Waals surface area contributed by atoms with Crippen molar-refractivity contribution < 1.29 is 17.6 Å². The van der Waals surface area contributed by atoms with Gasteiger partial charge in [-0.2, -0.15) is 4.98 Å². The second kappa shape index (κ2) is 8.24. The summed E-state index contributed by atoms with van der Waals surface area (Å²) < 4.78 is 38.8. The fraction of sp³-hybridized carbons (Fsp3) is 0.348. The van der Waals surface area contributed by atoms with Crippen molar-refractivity contribution in [1.82, 2.24) is 4.98 Å². The highest BCUT2D eigenvalue weighted by atomic mass is 32.2. The predicted octanol–water partition coefficient (Wildman–Crippen LogP) is 4.02. The molecule has 0 radical (unpaired) electrons. The Hall–Kier alpha value is -2.64. The van der Waals surface area contributed by atoms with Gasteiger partial charge in [-0.1, -0.05) is 48.0 Å². The van der Waals surface area contributed by atoms with E-state index in [-0.39, 0.29) is 22.1 Å². The van der Waals surface area contributed by atoms with Crippen LogP contribution in [0.4, 0.5) is 5.88 Å². The zero-order chi connectivity index (χ0) is 21.3. The van der Waals surface area contributed by atoms with Gasteiger partial charge in [0, 0.05) is 19.5 Å². The molecule has 1 aliphatic heterocycles. The van der Waals surface area contributed by atoms with E-state index in [4.69, 9.17) is 9.15 Å². The molecule has 2 unspecified atom stereocenters. The highest BCUT2D eigenvalue weighted by molar-refractivity contribution is 7.91. The molecule has 3 aromatic rings. The molecule has 0 amide bonds. The van der Waals surface area contributed by atoms with Gasteiger partial charge in [0.25, 0.3) is 0 Å². The van der Waals surface area contributed by atoms with Gasteiger partial charge in [-0.25, -0.2) is 8.42 Å². The lowest BCUT2D eigenvalue weighted by Crippen LogP contribution is -2.45. The summed E-state index contributed by atoms with van der Waals surface area (Å²) in [6.45, 7) is 6.95. The molecular weight excluding hydrogens is 400 g/mol. The fourth-order valence-electron chi connectivity index (χ4n) is 3.73. The third kappa shape index (κ3) is 4.27. The van der Waals surface area contributed by atoms with Gasteiger partial charge in [0.2, 0.25) is 26.6 Å². The van der Waals surface area contributed by atoms with Gasteiger partial charge in [0.05, 0.1) is 17.1 Å². The van der Waals surface area contributed by atoms with Crippen molar-refractivity contribution in [3.05, 3.63) is 71.6 Å². The zero-order valence-electron chi connectivity index (χ0n) is 17.4. The van der Waals surface area contributed by atoms with E-state index < -0.39 is 9.84 Å². The van der Waals surface area contributed by atoms with Crippen LogP contribution in [0.2, 0.25) is 0 Å². The van der Waals surface area contributed by atoms with Crippen LogP contribution in [-0.4, -0.2) is 38.7 Å². The number of aryl methyl sites for hydroxylation is 1. The smallest absolute Gasteiger partial charge is 0.236 e. The average molecular weight is 427 g/mol. The molecule has 0 bridgehead atoms. The maximum Gasteiger partial charge on any atom is 0.236 e. The molecule has 0 spiro atoms. The van der Waals surface area contributed by atoms with Crippen LogP contribution >= 0.6 is 0 Å². The summed E-state index contributed by atoms with van der Waals surface area (Å²) in [6.07, 6.45) is 0.352. The van der Waals surface area contributed by atoms with Gasteiger partial charge in [0.1, 0.15) is 0 Å². The average Bonchev–Trinajstić information content (AvgIpc) is 3.13. The van der Waals surface area contributed by atoms with Gasteiger partial charge >= 0.3 is 0 Å². The highest BCUT2D eigenvalue weighted by Crippen LogP contribution is 2.33. The highest BCUT2D eigenvalue weighted by Gasteiger charge is 2.34. The van der Waals surface area contributed by atoms with E-state index in [0.717, 1.165) is 11.1 Å². The standard InChI is InChI=1S/C23H26N2O4S/c1-16-9-11-20(12-10-16)30(26,27)22-23(25-14-17(2)28-18(3)15-25)29-21(24-22)13-19-7-5-4-6-8-19/h4-12,17-18H,13-15H2,1-3H3. The minimum Gasteiger partial charge on any atom is -0.423 e. The Balaban J connectivity index is 1.78. The van der Waals surface area contributed by atoms with Gasteiger partial charge < -0.3 is 14.1 Å². The molecule has 0 N–H and O–H groups in total. The minimum atomic E-state index is -3.83. The normalized spacial score (nSPS) is 19.8. The molecule has 158 valence electrons. The Bertz CT molecular complexity index is 1100. The molecular formula is C23H26N2O4S. The number of oxazole rings is 1. The van der Waals surface area contributed by atoms with E-state index in [2.05, 4.69) is 4.98 Å². The van der Waals surface area contributed by atoms with Crippen molar-refractivity contribution in [1.29, 1.82) is 0 Å². The van der Waals surface area contributed by atoms with E-state index in [1.807, 2.05) is 56.0 Å². The number of anilines is 1. The molecule has 1 saturated heterocycles. The number of rotatable bonds is 5. The Morgan fingerprint density at radius 3 is 2.27 bits per heavy atom. The Morgan fingerprint density at radius 1 is 1.00 bits per heavy atom. The monoisotopic (exact) mass is 426 g/mol. The number of aromatic nitrogens is 1. The summed E-state index contributed by atoms with van der Waals surface area (Å²) in [5.41, 5.74) is 2.00. The number of hydrogen-bond acceptors (Lipinski definition) is 6. The van der Waals surface area contributed by atoms with Crippen molar-refractivity contribution >= 4 is 15.7 Å². The van der Waals surface area contributed by atoms with Crippen LogP contribution in [0, 0.1) is 6.92 Å². The third-order valence-electron chi connectivity index (χ3n) is 5.11. The molecule has 1 fully saturated rings. The molecule has 0 aliphatic carbocycles. The zero-order valence-corrected chi connectivity index (χ0v) is 18.2. The van der Waals surface area contributed by atoms with Crippen molar-refractivity contribution in [2.24, 2.45) is 0 Å². The van der Waals surface area contributed by atoms with Crippen LogP contribution < -0.4 is 4.90 Å². The number of benzene rings is 2. The summed E-state index contributed by atoms with van der Waals surface area (Å²) in [5, 5.41) is -0.0291. The van der Waals surface area contributed by atoms with Crippen LogP contribution in [0.3, 0.4) is 0 Å². The molecule has 1 aromatic heterocycles. The van der Waals surface area contributed by atoms with Crippen LogP contribution in [-0.2, 0) is 21.0 Å². The number of sulfone groups is 1. The quantitative estimate of drug-likeness (QED) is 0.614. The maximum absolute atomic E-state index is 13.5. The summed E-state index contributed by atoms with van der Waals surface area (Å²) in [7, 11) is -3.83. The maximum atomic E-state index is 13.5. The molecule has 2 heterocycles. The molecule has 0 saturated carbocycles. The molecule has 6 nitrogen and oxygen atoms in total. The Labute approximate surface area is 177 Å². The van der Waals surface area contributed by atoms with Crippen LogP contribution in [0.25, 0.3) is 0 Å². The summed E-state index contributed by atoms with van der Waals surface area (Å²) in [4.78, 5) is 6.61. The van der Waals surface area contributed by atoms with Gasteiger partial charge in [0.15, 0.2) is 0 Å². The van der Waals surface area contributed by atoms with E-state index in [1.165, 1.54) is 0 Å². The molecule has 4 rings (SSSR count). The van der Waals surface area contributed by atoms with Crippen LogP contribution in [0.5, 0.6) is 0 Å². The SMILES string of the molecule is Cc1ccc(S(=O)(=O)c2nc(Cc3ccccc3)oc2N2CC(C)OC(C)C2)cc1. The van der Waals surface area contributed by atoms with Gasteiger partial charge in [-0.3, -0.25) is 0 Å². The van der Waals surface area contributed by atoms with Gasteiger partial charge in [-0.15, -0.1) is 0 Å². The molecule has 1 aliphatic rings. The molecule has 2 aromatic carbocycles. The second-order valence-corrected chi connectivity index (χ2v) is 9.72. The number of morpholine rings is 1. The van der Waals surface area contributed by atoms with Crippen molar-refractivity contribution in [3.8, 4) is 0 Å². The lowest BCUT2D eigenvalue weighted by molar-refractivity contribution is -0.00664. The van der Waals surface area contributed by atoms with E-state index >= 15 is 0 Å². The predicted molar refractivity (Wildman–Crippen MR) is 115 cm³/mol. The summed E-state index contributed by atoms with van der Waals surface area (Å²) in [6, 6.07) is 16.6. The number of ether oxygens (including phenoxy) is 1. The van der Waals surface area contributed by atoms with Crippen molar-refractivity contribution in [2.75, 3.05) is 18.0 Å². The molecule has 30 heavy (non-hydrogen) atoms. The second-order valence-electron chi connectivity index (χ2n) is 7.86. The topological polar surface area (TPSA) is 72.6 Å². The number of hydrogen-bond donors (Lipinski definition) is 0. The first-order valence-electron chi connectivity index (χ1n) is 10.1. The Kier molecular flexibility index (Phi) is 5.66. The minimum absolute atomic E-state index is 0.0291. The first kappa shape index (κ1) is 20.6. The van der Waals surface area contributed by atoms with E-state index in [0.29, 0.717) is 31.3 Å². The van der Waals surface area contributed by atoms with Crippen LogP contribution in [0.1, 0.15) is 30.9 Å². The van der Waals surface area contributed by atoms with E-state index in [9.17, 15) is 8.42 Å². The van der Waals surface area contributed by atoms with E-state index in [1.54, 1.807) is 24.3 Å². The van der Waals surface area contributed by atoms with Gasteiger partial charge in [-0.05, 0) is 38.5 Å². The molecule has 7 heteroatoms. The lowest BCUT2D eigenvalue weighted by atomic mass is 10.2.